The standard InChI is InChI=1S/C16H12ClFN4O2/c1-2-22-12-5-4-10(18)7-11(12)15(23)14(21-22)16(24)20-13-6-3-9(17)8-19-13/h3-8H,2H2,1H3,(H,19,20,24). The number of nitrogens with one attached hydrogen (secondary N) is 1. The molecule has 0 atom stereocenters. The van der Waals surface area contributed by atoms with Crippen molar-refractivity contribution in [2.75, 3.05) is 5.32 Å². The molecule has 0 bridgehead atoms. The summed E-state index contributed by atoms with van der Waals surface area (Å²) < 4.78 is 15.0. The second kappa shape index (κ2) is 6.37. The fraction of sp³-hybridized carbons (Fsp3) is 0.125. The van der Waals surface area contributed by atoms with Crippen LogP contribution in [0.3, 0.4) is 0 Å². The first kappa shape index (κ1) is 16.1. The van der Waals surface area contributed by atoms with E-state index in [-0.39, 0.29) is 16.9 Å². The molecule has 3 aromatic rings. The predicted molar refractivity (Wildman–Crippen MR) is 88.8 cm³/mol. The number of fused-ring (bicyclic) bond motifs is 1. The van der Waals surface area contributed by atoms with Crippen molar-refractivity contribution in [1.29, 1.82) is 0 Å². The Morgan fingerprint density at radius 3 is 2.79 bits per heavy atom. The molecule has 0 spiro atoms. The Bertz CT molecular complexity index is 986. The Hall–Kier alpha value is -2.80. The average Bonchev–Trinajstić information content (AvgIpc) is 2.57. The maximum Gasteiger partial charge on any atom is 0.281 e. The number of carbonyl (C=O) groups is 1. The van der Waals surface area contributed by atoms with Gasteiger partial charge in [0.1, 0.15) is 11.6 Å². The third kappa shape index (κ3) is 2.98. The molecule has 0 fully saturated rings. The smallest absolute Gasteiger partial charge is 0.281 e. The van der Waals surface area contributed by atoms with Gasteiger partial charge >= 0.3 is 0 Å². The lowest BCUT2D eigenvalue weighted by atomic mass is 10.2. The SMILES string of the molecule is CCn1nc(C(=O)Nc2ccc(Cl)cn2)c(=O)c2cc(F)ccc21. The molecule has 122 valence electrons. The van der Waals surface area contributed by atoms with Crippen LogP contribution < -0.4 is 10.7 Å². The van der Waals surface area contributed by atoms with Crippen molar-refractivity contribution >= 4 is 34.2 Å². The van der Waals surface area contributed by atoms with Gasteiger partial charge < -0.3 is 5.32 Å². The molecule has 0 saturated carbocycles. The summed E-state index contributed by atoms with van der Waals surface area (Å²) in [6, 6.07) is 6.86. The van der Waals surface area contributed by atoms with E-state index in [0.29, 0.717) is 17.1 Å². The number of hydrogen-bond acceptors (Lipinski definition) is 4. The molecule has 2 aromatic heterocycles. The van der Waals surface area contributed by atoms with E-state index in [1.165, 1.54) is 29.1 Å². The first-order valence-corrected chi connectivity index (χ1v) is 7.50. The van der Waals surface area contributed by atoms with Gasteiger partial charge in [0, 0.05) is 12.7 Å². The second-order valence-electron chi connectivity index (χ2n) is 4.97. The number of pyridine rings is 1. The zero-order valence-corrected chi connectivity index (χ0v) is 13.3. The van der Waals surface area contributed by atoms with Crippen molar-refractivity contribution in [3.8, 4) is 0 Å². The molecule has 0 aliphatic heterocycles. The number of halogens is 2. The summed E-state index contributed by atoms with van der Waals surface area (Å²) in [6.07, 6.45) is 1.37. The van der Waals surface area contributed by atoms with Crippen LogP contribution in [0.15, 0.2) is 41.3 Å². The van der Waals surface area contributed by atoms with Crippen LogP contribution in [0.2, 0.25) is 5.02 Å². The summed E-state index contributed by atoms with van der Waals surface area (Å²) in [4.78, 5) is 28.8. The summed E-state index contributed by atoms with van der Waals surface area (Å²) in [5.41, 5.74) is -0.502. The minimum Gasteiger partial charge on any atom is -0.305 e. The molecular formula is C16H12ClFN4O2. The highest BCUT2D eigenvalue weighted by Crippen LogP contribution is 2.13. The molecule has 0 radical (unpaired) electrons. The quantitative estimate of drug-likeness (QED) is 0.791. The lowest BCUT2D eigenvalue weighted by Crippen LogP contribution is -2.27. The summed E-state index contributed by atoms with van der Waals surface area (Å²) in [6.45, 7) is 2.23. The Morgan fingerprint density at radius 2 is 2.12 bits per heavy atom. The molecule has 3 rings (SSSR count). The van der Waals surface area contributed by atoms with Crippen LogP contribution in [0.1, 0.15) is 17.4 Å². The maximum atomic E-state index is 13.5. The van der Waals surface area contributed by atoms with Gasteiger partial charge in [0.05, 0.1) is 15.9 Å². The zero-order chi connectivity index (χ0) is 17.3. The van der Waals surface area contributed by atoms with Crippen molar-refractivity contribution in [2.45, 2.75) is 13.5 Å². The highest BCUT2D eigenvalue weighted by molar-refractivity contribution is 6.30. The topological polar surface area (TPSA) is 76.9 Å². The third-order valence-corrected chi connectivity index (χ3v) is 3.62. The number of nitrogens with zero attached hydrogens (tertiary/aromatic N) is 3. The van der Waals surface area contributed by atoms with Crippen molar-refractivity contribution < 1.29 is 9.18 Å². The largest absolute Gasteiger partial charge is 0.305 e. The van der Waals surface area contributed by atoms with E-state index in [4.69, 9.17) is 11.6 Å². The molecule has 24 heavy (non-hydrogen) atoms. The minimum atomic E-state index is -0.719. The summed E-state index contributed by atoms with van der Waals surface area (Å²) in [5.74, 6) is -1.05. The molecule has 1 aromatic carbocycles. The number of aryl methyl sites for hydroxylation is 1. The van der Waals surface area contributed by atoms with Crippen LogP contribution in [0.25, 0.3) is 10.9 Å². The number of aromatic nitrogens is 3. The van der Waals surface area contributed by atoms with Crippen LogP contribution in [0.4, 0.5) is 10.2 Å². The molecule has 6 nitrogen and oxygen atoms in total. The van der Waals surface area contributed by atoms with Crippen LogP contribution in [-0.4, -0.2) is 20.7 Å². The highest BCUT2D eigenvalue weighted by Gasteiger charge is 2.18. The summed E-state index contributed by atoms with van der Waals surface area (Å²) in [5, 5.41) is 7.07. The van der Waals surface area contributed by atoms with Crippen LogP contribution in [0, 0.1) is 5.82 Å². The Morgan fingerprint density at radius 1 is 1.33 bits per heavy atom. The molecule has 1 amide bonds. The zero-order valence-electron chi connectivity index (χ0n) is 12.6. The number of carbonyl (C=O) groups excluding carboxylic acids is 1. The summed E-state index contributed by atoms with van der Waals surface area (Å²) in [7, 11) is 0. The lowest BCUT2D eigenvalue weighted by molar-refractivity contribution is 0.101. The number of anilines is 1. The number of benzene rings is 1. The lowest BCUT2D eigenvalue weighted by Gasteiger charge is -2.10. The van der Waals surface area contributed by atoms with E-state index >= 15 is 0 Å². The van der Waals surface area contributed by atoms with E-state index in [1.54, 1.807) is 6.07 Å². The predicted octanol–water partition coefficient (Wildman–Crippen LogP) is 2.86. The number of amides is 1. The van der Waals surface area contributed by atoms with E-state index in [1.807, 2.05) is 6.92 Å². The Labute approximate surface area is 140 Å². The van der Waals surface area contributed by atoms with Crippen molar-refractivity contribution in [3.63, 3.8) is 0 Å². The van der Waals surface area contributed by atoms with Crippen molar-refractivity contribution in [2.24, 2.45) is 0 Å². The van der Waals surface area contributed by atoms with Gasteiger partial charge in [-0.3, -0.25) is 14.3 Å². The molecular weight excluding hydrogens is 335 g/mol. The third-order valence-electron chi connectivity index (χ3n) is 3.40. The Kier molecular flexibility index (Phi) is 4.26. The van der Waals surface area contributed by atoms with E-state index < -0.39 is 17.2 Å². The van der Waals surface area contributed by atoms with Gasteiger partial charge in [-0.2, -0.15) is 5.10 Å². The maximum absolute atomic E-state index is 13.5. The summed E-state index contributed by atoms with van der Waals surface area (Å²) >= 11 is 5.73. The van der Waals surface area contributed by atoms with E-state index in [0.717, 1.165) is 6.07 Å². The minimum absolute atomic E-state index is 0.0982. The van der Waals surface area contributed by atoms with Crippen LogP contribution >= 0.6 is 11.6 Å². The molecule has 1 N–H and O–H groups in total. The fourth-order valence-corrected chi connectivity index (χ4v) is 2.39. The normalized spacial score (nSPS) is 10.8. The number of hydrogen-bond donors (Lipinski definition) is 1. The molecule has 2 heterocycles. The number of rotatable bonds is 3. The van der Waals surface area contributed by atoms with E-state index in [9.17, 15) is 14.0 Å². The van der Waals surface area contributed by atoms with Crippen molar-refractivity contribution in [1.82, 2.24) is 14.8 Å². The fourth-order valence-electron chi connectivity index (χ4n) is 2.28. The van der Waals surface area contributed by atoms with Gasteiger partial charge in [0.25, 0.3) is 5.91 Å². The monoisotopic (exact) mass is 346 g/mol. The van der Waals surface area contributed by atoms with Crippen LogP contribution in [0.5, 0.6) is 0 Å². The van der Waals surface area contributed by atoms with Gasteiger partial charge in [0.2, 0.25) is 5.43 Å². The van der Waals surface area contributed by atoms with E-state index in [2.05, 4.69) is 15.4 Å². The first-order chi connectivity index (χ1) is 11.5. The van der Waals surface area contributed by atoms with Gasteiger partial charge in [-0.1, -0.05) is 11.6 Å². The molecule has 0 saturated heterocycles. The van der Waals surface area contributed by atoms with Gasteiger partial charge in [-0.15, -0.1) is 0 Å². The first-order valence-electron chi connectivity index (χ1n) is 7.13. The molecule has 0 aliphatic carbocycles. The van der Waals surface area contributed by atoms with Gasteiger partial charge in [-0.25, -0.2) is 9.37 Å². The highest BCUT2D eigenvalue weighted by atomic mass is 35.5. The van der Waals surface area contributed by atoms with Gasteiger partial charge in [-0.05, 0) is 37.3 Å². The molecule has 8 heteroatoms. The molecule has 0 unspecified atom stereocenters. The average molecular weight is 347 g/mol. The van der Waals surface area contributed by atoms with Gasteiger partial charge in [0.15, 0.2) is 5.69 Å². The second-order valence-corrected chi connectivity index (χ2v) is 5.41. The Balaban J connectivity index is 2.08. The van der Waals surface area contributed by atoms with Crippen LogP contribution in [-0.2, 0) is 6.54 Å². The molecule has 0 aliphatic rings. The van der Waals surface area contributed by atoms with Crippen molar-refractivity contribution in [3.05, 3.63) is 63.3 Å².